The first-order valence-electron chi connectivity index (χ1n) is 12.4. The van der Waals surface area contributed by atoms with Crippen molar-refractivity contribution in [3.63, 3.8) is 0 Å². The summed E-state index contributed by atoms with van der Waals surface area (Å²) in [5, 5.41) is 5.67. The van der Waals surface area contributed by atoms with E-state index < -0.39 is 0 Å². The van der Waals surface area contributed by atoms with Crippen molar-refractivity contribution in [3.8, 4) is 0 Å². The number of carbonyl (C=O) groups is 2. The van der Waals surface area contributed by atoms with Crippen LogP contribution in [0.5, 0.6) is 0 Å². The summed E-state index contributed by atoms with van der Waals surface area (Å²) in [6.45, 7) is 10.9. The molecule has 39 heavy (non-hydrogen) atoms. The summed E-state index contributed by atoms with van der Waals surface area (Å²) >= 11 is 0. The van der Waals surface area contributed by atoms with Gasteiger partial charge in [-0.1, -0.05) is 56.0 Å². The molecule has 1 aliphatic carbocycles. The quantitative estimate of drug-likeness (QED) is 0.179. The molecule has 198 valence electrons. The second kappa shape index (κ2) is 14.0. The highest BCUT2D eigenvalue weighted by molar-refractivity contribution is 6.03. The van der Waals surface area contributed by atoms with Gasteiger partial charge in [0.05, 0.1) is 0 Å². The fourth-order valence-corrected chi connectivity index (χ4v) is 3.86. The van der Waals surface area contributed by atoms with Gasteiger partial charge in [-0.15, -0.1) is 0 Å². The lowest BCUT2D eigenvalue weighted by Gasteiger charge is -2.20. The Hall–Kier alpha value is -5.11. The van der Waals surface area contributed by atoms with Crippen LogP contribution in [0.25, 0.3) is 5.57 Å². The van der Waals surface area contributed by atoms with Crippen molar-refractivity contribution < 1.29 is 9.59 Å². The Morgan fingerprint density at radius 2 is 1.90 bits per heavy atom. The fourth-order valence-electron chi connectivity index (χ4n) is 3.86. The van der Waals surface area contributed by atoms with Crippen LogP contribution in [0.15, 0.2) is 125 Å². The normalized spacial score (nSPS) is 16.3. The minimum Gasteiger partial charge on any atom is -0.368 e. The molecule has 1 heterocycles. The Labute approximate surface area is 228 Å². The van der Waals surface area contributed by atoms with Crippen LogP contribution in [0.2, 0.25) is 0 Å². The van der Waals surface area contributed by atoms with Crippen molar-refractivity contribution in [1.82, 2.24) is 10.3 Å². The number of anilines is 1. The maximum atomic E-state index is 12.6. The highest BCUT2D eigenvalue weighted by Crippen LogP contribution is 2.30. The Bertz CT molecular complexity index is 1410. The summed E-state index contributed by atoms with van der Waals surface area (Å²) in [5.74, 6) is -0.393. The van der Waals surface area contributed by atoms with Crippen molar-refractivity contribution in [2.75, 3.05) is 5.32 Å². The van der Waals surface area contributed by atoms with Gasteiger partial charge in [0, 0.05) is 29.3 Å². The van der Waals surface area contributed by atoms with Crippen LogP contribution >= 0.6 is 0 Å². The number of carbonyl (C=O) groups excluding carboxylic acids is 2. The minimum absolute atomic E-state index is 0.0316. The second-order valence-corrected chi connectivity index (χ2v) is 8.75. The molecule has 0 fully saturated rings. The summed E-state index contributed by atoms with van der Waals surface area (Å²) in [6, 6.07) is 12.7. The van der Waals surface area contributed by atoms with Crippen LogP contribution in [0, 0.1) is 5.92 Å². The molecule has 1 aromatic heterocycles. The monoisotopic (exact) mass is 520 g/mol. The molecule has 1 aromatic carbocycles. The molecule has 0 saturated heterocycles. The zero-order valence-corrected chi connectivity index (χ0v) is 22.1. The van der Waals surface area contributed by atoms with Gasteiger partial charge in [0.25, 0.3) is 5.91 Å². The lowest BCUT2D eigenvalue weighted by Crippen LogP contribution is -2.21. The number of aromatic nitrogens is 1. The predicted molar refractivity (Wildman–Crippen MR) is 159 cm³/mol. The van der Waals surface area contributed by atoms with Gasteiger partial charge in [0.2, 0.25) is 11.9 Å². The van der Waals surface area contributed by atoms with E-state index in [-0.39, 0.29) is 23.7 Å². The molecule has 0 radical (unpaired) electrons. The molecule has 8 nitrogen and oxygen atoms in total. The maximum absolute atomic E-state index is 12.6. The van der Waals surface area contributed by atoms with Gasteiger partial charge in [-0.2, -0.15) is 0 Å². The molecule has 1 unspecified atom stereocenters. The number of hydrogen-bond acceptors (Lipinski definition) is 4. The van der Waals surface area contributed by atoms with Crippen molar-refractivity contribution in [2.45, 2.75) is 20.3 Å². The number of guanidine groups is 1. The number of amides is 2. The fraction of sp³-hybridized carbons (Fsp3) is 0.129. The smallest absolute Gasteiger partial charge is 0.274 e. The summed E-state index contributed by atoms with van der Waals surface area (Å²) in [5.41, 5.74) is 10.8. The number of hydrogen-bond donors (Lipinski definition) is 3. The third-order valence-electron chi connectivity index (χ3n) is 5.68. The van der Waals surface area contributed by atoms with Crippen molar-refractivity contribution in [2.24, 2.45) is 21.6 Å². The largest absolute Gasteiger partial charge is 0.368 e. The van der Waals surface area contributed by atoms with Gasteiger partial charge >= 0.3 is 0 Å². The number of allylic oxidation sites excluding steroid dienone is 8. The molecule has 1 aliphatic rings. The number of nitrogens with one attached hydrogen (secondary N) is 2. The molecule has 0 saturated carbocycles. The topological polar surface area (TPSA) is 122 Å². The van der Waals surface area contributed by atoms with E-state index in [1.165, 1.54) is 6.08 Å². The summed E-state index contributed by atoms with van der Waals surface area (Å²) in [6.07, 6.45) is 14.9. The Balaban J connectivity index is 1.98. The van der Waals surface area contributed by atoms with Gasteiger partial charge < -0.3 is 16.4 Å². The SMILES string of the molecule is C=CC(=O)NC1=CC(C)CC(C(=C\N=C(\N)N=C)/C=C(\C=C/C)c2ccc(C(=O)Nc3ccccc3)nc2)=C1. The van der Waals surface area contributed by atoms with E-state index in [1.54, 1.807) is 18.5 Å². The van der Waals surface area contributed by atoms with Crippen molar-refractivity contribution >= 4 is 35.8 Å². The van der Waals surface area contributed by atoms with Crippen LogP contribution in [-0.2, 0) is 4.79 Å². The standard InChI is InChI=1S/C31H32N6O2/c1-5-10-22(23-13-14-28(34-19-23)30(39)37-26-11-8-7-9-12-26)17-25(20-35-31(32)33-4)24-15-21(3)16-27(18-24)36-29(38)6-2/h5-14,16-21H,2,4,15H2,1,3H3,(H2,32,35)(H,36,38)(H,37,39)/b10-5-,22-17+,25-20-. The number of rotatable bonds is 9. The molecule has 2 amide bonds. The molecular formula is C31H32N6O2. The number of pyridine rings is 1. The van der Waals surface area contributed by atoms with Crippen LogP contribution < -0.4 is 16.4 Å². The van der Waals surface area contributed by atoms with E-state index in [4.69, 9.17) is 5.73 Å². The van der Waals surface area contributed by atoms with Gasteiger partial charge in [-0.05, 0) is 79.1 Å². The van der Waals surface area contributed by atoms with Crippen molar-refractivity contribution in [3.05, 3.63) is 126 Å². The van der Waals surface area contributed by atoms with E-state index in [0.29, 0.717) is 23.5 Å². The maximum Gasteiger partial charge on any atom is 0.274 e. The molecule has 3 rings (SSSR count). The highest BCUT2D eigenvalue weighted by Gasteiger charge is 2.16. The molecule has 0 aliphatic heterocycles. The van der Waals surface area contributed by atoms with E-state index in [1.807, 2.05) is 73.7 Å². The number of benzene rings is 1. The first-order chi connectivity index (χ1) is 18.8. The van der Waals surface area contributed by atoms with E-state index in [2.05, 4.69) is 45.8 Å². The average Bonchev–Trinajstić information content (AvgIpc) is 2.94. The molecule has 4 N–H and O–H groups in total. The van der Waals surface area contributed by atoms with E-state index in [0.717, 1.165) is 22.3 Å². The zero-order valence-electron chi connectivity index (χ0n) is 22.1. The summed E-state index contributed by atoms with van der Waals surface area (Å²) < 4.78 is 0. The molecule has 1 atom stereocenters. The van der Waals surface area contributed by atoms with Crippen LogP contribution in [0.4, 0.5) is 5.69 Å². The third kappa shape index (κ3) is 8.46. The number of nitrogens with two attached hydrogens (primary N) is 1. The minimum atomic E-state index is -0.297. The Morgan fingerprint density at radius 1 is 1.13 bits per heavy atom. The number of nitrogens with zero attached hydrogens (tertiary/aromatic N) is 3. The molecule has 8 heteroatoms. The van der Waals surface area contributed by atoms with Crippen LogP contribution in [0.3, 0.4) is 0 Å². The third-order valence-corrected chi connectivity index (χ3v) is 5.68. The molecule has 2 aromatic rings. The average molecular weight is 521 g/mol. The second-order valence-electron chi connectivity index (χ2n) is 8.75. The van der Waals surface area contributed by atoms with E-state index >= 15 is 0 Å². The van der Waals surface area contributed by atoms with Crippen LogP contribution in [-0.4, -0.2) is 29.5 Å². The van der Waals surface area contributed by atoms with Crippen molar-refractivity contribution in [1.29, 1.82) is 0 Å². The number of para-hydroxylation sites is 1. The molecule has 0 spiro atoms. The summed E-state index contributed by atoms with van der Waals surface area (Å²) in [4.78, 5) is 36.8. The Kier molecular flexibility index (Phi) is 10.2. The van der Waals surface area contributed by atoms with Crippen LogP contribution in [0.1, 0.15) is 36.3 Å². The predicted octanol–water partition coefficient (Wildman–Crippen LogP) is 5.34. The lowest BCUT2D eigenvalue weighted by atomic mass is 9.88. The highest BCUT2D eigenvalue weighted by atomic mass is 16.2. The van der Waals surface area contributed by atoms with Gasteiger partial charge in [0.15, 0.2) is 0 Å². The zero-order chi connectivity index (χ0) is 28.2. The summed E-state index contributed by atoms with van der Waals surface area (Å²) in [7, 11) is 0. The molecular weight excluding hydrogens is 488 g/mol. The lowest BCUT2D eigenvalue weighted by molar-refractivity contribution is -0.115. The van der Waals surface area contributed by atoms with Gasteiger partial charge in [-0.25, -0.2) is 9.98 Å². The first-order valence-corrected chi connectivity index (χ1v) is 12.4. The van der Waals surface area contributed by atoms with Gasteiger partial charge in [-0.3, -0.25) is 14.6 Å². The van der Waals surface area contributed by atoms with Gasteiger partial charge in [0.1, 0.15) is 5.69 Å². The first kappa shape index (κ1) is 28.5. The molecule has 0 bridgehead atoms. The Morgan fingerprint density at radius 3 is 2.54 bits per heavy atom. The van der Waals surface area contributed by atoms with E-state index in [9.17, 15) is 9.59 Å². The number of aliphatic imine (C=N–C) groups is 2.